The molecule has 1 aromatic rings. The van der Waals surface area contributed by atoms with Crippen molar-refractivity contribution in [3.8, 4) is 0 Å². The van der Waals surface area contributed by atoms with E-state index in [1.165, 1.54) is 5.57 Å². The molecule has 2 heterocycles. The zero-order chi connectivity index (χ0) is 15.4. The second-order valence-corrected chi connectivity index (χ2v) is 6.30. The molecule has 0 amide bonds. The van der Waals surface area contributed by atoms with Gasteiger partial charge in [0.2, 0.25) is 0 Å². The Kier molecular flexibility index (Phi) is 4.96. The van der Waals surface area contributed by atoms with Gasteiger partial charge in [0, 0.05) is 18.8 Å². The van der Waals surface area contributed by atoms with Crippen LogP contribution in [0, 0.1) is 0 Å². The van der Waals surface area contributed by atoms with Gasteiger partial charge in [-0.1, -0.05) is 23.8 Å². The highest BCUT2D eigenvalue weighted by Crippen LogP contribution is 2.33. The smallest absolute Gasteiger partial charge is 0.187 e. The van der Waals surface area contributed by atoms with Gasteiger partial charge in [-0.15, -0.1) is 11.6 Å². The van der Waals surface area contributed by atoms with Crippen molar-refractivity contribution >= 4 is 11.6 Å². The van der Waals surface area contributed by atoms with Crippen molar-refractivity contribution in [2.45, 2.75) is 43.1 Å². The standard InChI is InChI=1S/C16H20ClFN2O2/c17-14-3-1-13(2-4-14)5-6-16(11-20-8-7-19-12-20)21-10-15(9-18)22-16/h1-3,7-8,12,14-15H,4-6,9-11H2/t14?,15-,16-/m1/s1. The van der Waals surface area contributed by atoms with Crippen molar-refractivity contribution in [1.82, 2.24) is 9.55 Å². The number of halogens is 2. The Morgan fingerprint density at radius 3 is 3.05 bits per heavy atom. The van der Waals surface area contributed by atoms with Gasteiger partial charge < -0.3 is 14.0 Å². The summed E-state index contributed by atoms with van der Waals surface area (Å²) in [5, 5.41) is 0.0820. The van der Waals surface area contributed by atoms with E-state index in [9.17, 15) is 4.39 Å². The molecule has 3 atom stereocenters. The summed E-state index contributed by atoms with van der Waals surface area (Å²) in [4.78, 5) is 4.03. The molecule has 6 heteroatoms. The summed E-state index contributed by atoms with van der Waals surface area (Å²) in [6.45, 7) is 0.282. The van der Waals surface area contributed by atoms with Gasteiger partial charge >= 0.3 is 0 Å². The first-order valence-electron chi connectivity index (χ1n) is 7.54. The number of imidazole rings is 1. The Labute approximate surface area is 134 Å². The first-order valence-corrected chi connectivity index (χ1v) is 7.97. The number of rotatable bonds is 6. The molecule has 3 rings (SSSR count). The first kappa shape index (κ1) is 15.7. The molecule has 0 N–H and O–H groups in total. The van der Waals surface area contributed by atoms with Crippen molar-refractivity contribution in [2.75, 3.05) is 13.3 Å². The average Bonchev–Trinajstić information content (AvgIpc) is 3.17. The molecule has 4 nitrogen and oxygen atoms in total. The zero-order valence-electron chi connectivity index (χ0n) is 12.3. The fraction of sp³-hybridized carbons (Fsp3) is 0.562. The number of nitrogens with zero attached hydrogens (tertiary/aromatic N) is 2. The van der Waals surface area contributed by atoms with E-state index in [1.807, 2.05) is 22.9 Å². The quantitative estimate of drug-likeness (QED) is 0.753. The predicted molar refractivity (Wildman–Crippen MR) is 82.5 cm³/mol. The van der Waals surface area contributed by atoms with Gasteiger partial charge in [-0.2, -0.15) is 0 Å². The SMILES string of the molecule is FC[C@@H]1CO[C@@](CCC2=CCC(Cl)C=C2)(Cn2ccnc2)O1. The van der Waals surface area contributed by atoms with Crippen LogP contribution in [0.25, 0.3) is 0 Å². The molecule has 1 unspecified atom stereocenters. The Balaban J connectivity index is 1.65. The highest BCUT2D eigenvalue weighted by Gasteiger charge is 2.41. The lowest BCUT2D eigenvalue weighted by Gasteiger charge is -2.29. The maximum Gasteiger partial charge on any atom is 0.187 e. The third-order valence-electron chi connectivity index (χ3n) is 3.99. The lowest BCUT2D eigenvalue weighted by atomic mass is 9.99. The number of hydrogen-bond acceptors (Lipinski definition) is 3. The highest BCUT2D eigenvalue weighted by atomic mass is 35.5. The molecular formula is C16H20ClFN2O2. The molecule has 2 aliphatic rings. The molecule has 0 radical (unpaired) electrons. The van der Waals surface area contributed by atoms with Crippen molar-refractivity contribution < 1.29 is 13.9 Å². The largest absolute Gasteiger partial charge is 0.345 e. The average molecular weight is 327 g/mol. The van der Waals surface area contributed by atoms with Crippen LogP contribution in [-0.2, 0) is 16.0 Å². The second kappa shape index (κ2) is 6.94. The maximum absolute atomic E-state index is 12.9. The Morgan fingerprint density at radius 2 is 2.41 bits per heavy atom. The molecule has 1 saturated heterocycles. The van der Waals surface area contributed by atoms with Gasteiger partial charge in [0.1, 0.15) is 12.8 Å². The Hall–Kier alpha value is -1.17. The monoisotopic (exact) mass is 326 g/mol. The van der Waals surface area contributed by atoms with Gasteiger partial charge in [0.25, 0.3) is 0 Å². The van der Waals surface area contributed by atoms with Crippen molar-refractivity contribution in [3.05, 3.63) is 42.5 Å². The van der Waals surface area contributed by atoms with Crippen LogP contribution in [0.2, 0.25) is 0 Å². The van der Waals surface area contributed by atoms with Gasteiger partial charge in [0.15, 0.2) is 5.79 Å². The molecule has 0 spiro atoms. The summed E-state index contributed by atoms with van der Waals surface area (Å²) in [5.41, 5.74) is 1.22. The lowest BCUT2D eigenvalue weighted by Crippen LogP contribution is -2.36. The minimum Gasteiger partial charge on any atom is -0.345 e. The van der Waals surface area contributed by atoms with Crippen LogP contribution in [0.4, 0.5) is 4.39 Å². The van der Waals surface area contributed by atoms with Crippen molar-refractivity contribution in [3.63, 3.8) is 0 Å². The fourth-order valence-electron chi connectivity index (χ4n) is 2.80. The predicted octanol–water partition coefficient (Wildman–Crippen LogP) is 3.24. The van der Waals surface area contributed by atoms with E-state index in [4.69, 9.17) is 21.1 Å². The summed E-state index contributed by atoms with van der Waals surface area (Å²) in [5.74, 6) is -0.788. The van der Waals surface area contributed by atoms with Crippen LogP contribution in [0.5, 0.6) is 0 Å². The molecule has 120 valence electrons. The van der Waals surface area contributed by atoms with E-state index in [0.717, 1.165) is 12.8 Å². The first-order chi connectivity index (χ1) is 10.7. The summed E-state index contributed by atoms with van der Waals surface area (Å²) in [6.07, 6.45) is 13.3. The van der Waals surface area contributed by atoms with Crippen molar-refractivity contribution in [1.29, 1.82) is 0 Å². The summed E-state index contributed by atoms with van der Waals surface area (Å²) in [6, 6.07) is 0. The minimum atomic E-state index is -0.788. The number of hydrogen-bond donors (Lipinski definition) is 0. The molecular weight excluding hydrogens is 307 g/mol. The van der Waals surface area contributed by atoms with Crippen LogP contribution in [-0.4, -0.2) is 40.1 Å². The molecule has 0 aromatic carbocycles. The van der Waals surface area contributed by atoms with Gasteiger partial charge in [-0.3, -0.25) is 0 Å². The molecule has 1 aliphatic carbocycles. The summed E-state index contributed by atoms with van der Waals surface area (Å²) < 4.78 is 26.5. The second-order valence-electron chi connectivity index (χ2n) is 5.74. The summed E-state index contributed by atoms with van der Waals surface area (Å²) in [7, 11) is 0. The molecule has 0 saturated carbocycles. The third-order valence-corrected chi connectivity index (χ3v) is 4.31. The number of alkyl halides is 2. The summed E-state index contributed by atoms with van der Waals surface area (Å²) >= 11 is 6.04. The van der Waals surface area contributed by atoms with Crippen LogP contribution in [0.3, 0.4) is 0 Å². The van der Waals surface area contributed by atoms with Crippen LogP contribution in [0.1, 0.15) is 19.3 Å². The molecule has 1 aromatic heterocycles. The normalized spacial score (nSPS) is 31.5. The Bertz CT molecular complexity index is 546. The van der Waals surface area contributed by atoms with E-state index < -0.39 is 18.6 Å². The Morgan fingerprint density at radius 1 is 1.50 bits per heavy atom. The van der Waals surface area contributed by atoms with Gasteiger partial charge in [0.05, 0.1) is 24.9 Å². The zero-order valence-corrected chi connectivity index (χ0v) is 13.1. The van der Waals surface area contributed by atoms with Gasteiger partial charge in [-0.25, -0.2) is 9.37 Å². The maximum atomic E-state index is 12.9. The molecule has 1 fully saturated rings. The van der Waals surface area contributed by atoms with E-state index in [-0.39, 0.29) is 5.38 Å². The molecule has 22 heavy (non-hydrogen) atoms. The van der Waals surface area contributed by atoms with E-state index >= 15 is 0 Å². The highest BCUT2D eigenvalue weighted by molar-refractivity contribution is 6.22. The van der Waals surface area contributed by atoms with Crippen LogP contribution in [0.15, 0.2) is 42.5 Å². The van der Waals surface area contributed by atoms with Gasteiger partial charge in [-0.05, 0) is 12.8 Å². The number of allylic oxidation sites excluding steroid dienone is 4. The number of aromatic nitrogens is 2. The van der Waals surface area contributed by atoms with E-state index in [0.29, 0.717) is 19.6 Å². The van der Waals surface area contributed by atoms with Crippen LogP contribution >= 0.6 is 11.6 Å². The van der Waals surface area contributed by atoms with Crippen LogP contribution < -0.4 is 0 Å². The van der Waals surface area contributed by atoms with E-state index in [1.54, 1.807) is 12.5 Å². The fourth-order valence-corrected chi connectivity index (χ4v) is 2.96. The topological polar surface area (TPSA) is 36.3 Å². The van der Waals surface area contributed by atoms with E-state index in [2.05, 4.69) is 11.1 Å². The lowest BCUT2D eigenvalue weighted by molar-refractivity contribution is -0.183. The minimum absolute atomic E-state index is 0.0820. The molecule has 0 bridgehead atoms. The molecule has 1 aliphatic heterocycles. The third kappa shape index (κ3) is 3.77. The number of ether oxygens (including phenoxy) is 2. The van der Waals surface area contributed by atoms with Crippen molar-refractivity contribution in [2.24, 2.45) is 0 Å².